The maximum Gasteiger partial charge on any atom is 0.147 e. The molecule has 1 heterocycles. The summed E-state index contributed by atoms with van der Waals surface area (Å²) in [5, 5.41) is 12.1. The maximum atomic E-state index is 10.9. The molecule has 0 saturated heterocycles. The lowest BCUT2D eigenvalue weighted by Crippen LogP contribution is -2.05. The molecular formula is C9H13ClO3S2. The van der Waals surface area contributed by atoms with Gasteiger partial charge in [0, 0.05) is 12.0 Å². The quantitative estimate of drug-likeness (QED) is 0.891. The first kappa shape index (κ1) is 13.0. The number of aliphatic hydroxyl groups is 1. The first-order valence-corrected chi connectivity index (χ1v) is 7.80. The van der Waals surface area contributed by atoms with Gasteiger partial charge in [-0.2, -0.15) is 0 Å². The topological polar surface area (TPSA) is 54.4 Å². The van der Waals surface area contributed by atoms with E-state index in [9.17, 15) is 13.5 Å². The van der Waals surface area contributed by atoms with Crippen molar-refractivity contribution in [3.63, 3.8) is 0 Å². The van der Waals surface area contributed by atoms with Gasteiger partial charge in [-0.3, -0.25) is 0 Å². The van der Waals surface area contributed by atoms with Gasteiger partial charge in [0.25, 0.3) is 0 Å². The van der Waals surface area contributed by atoms with E-state index in [1.54, 1.807) is 11.4 Å². The lowest BCUT2D eigenvalue weighted by atomic mass is 10.2. The number of aliphatic hydroxyl groups excluding tert-OH is 1. The number of sulfone groups is 1. The Hall–Kier alpha value is -0.100. The fourth-order valence-electron chi connectivity index (χ4n) is 1.21. The summed E-state index contributed by atoms with van der Waals surface area (Å²) < 4.78 is 21.7. The highest BCUT2D eigenvalue weighted by atomic mass is 35.5. The predicted octanol–water partition coefficient (Wildman–Crippen LogP) is 2.26. The second-order valence-corrected chi connectivity index (χ2v) is 7.04. The molecule has 0 aromatic carbocycles. The van der Waals surface area contributed by atoms with Crippen molar-refractivity contribution in [3.8, 4) is 0 Å². The van der Waals surface area contributed by atoms with Gasteiger partial charge >= 0.3 is 0 Å². The molecule has 0 aliphatic heterocycles. The molecule has 0 spiro atoms. The molecule has 15 heavy (non-hydrogen) atoms. The van der Waals surface area contributed by atoms with Gasteiger partial charge in [-0.25, -0.2) is 8.42 Å². The minimum absolute atomic E-state index is 0.104. The molecule has 6 heteroatoms. The third-order valence-corrected chi connectivity index (χ3v) is 4.43. The maximum absolute atomic E-state index is 10.9. The number of hydrogen-bond donors (Lipinski definition) is 1. The average Bonchev–Trinajstić information content (AvgIpc) is 2.48. The van der Waals surface area contributed by atoms with Crippen LogP contribution in [0.1, 0.15) is 23.8 Å². The average molecular weight is 269 g/mol. The molecule has 0 fully saturated rings. The van der Waals surface area contributed by atoms with Crippen LogP contribution in [0.25, 0.3) is 0 Å². The molecule has 0 aliphatic carbocycles. The third-order valence-electron chi connectivity index (χ3n) is 1.94. The minimum Gasteiger partial charge on any atom is -0.388 e. The van der Waals surface area contributed by atoms with E-state index in [-0.39, 0.29) is 5.75 Å². The number of halogens is 1. The zero-order valence-electron chi connectivity index (χ0n) is 8.31. The van der Waals surface area contributed by atoms with E-state index in [1.807, 2.05) is 0 Å². The third kappa shape index (κ3) is 4.51. The zero-order valence-corrected chi connectivity index (χ0v) is 10.7. The van der Waals surface area contributed by atoms with Crippen LogP contribution in [0.15, 0.2) is 11.4 Å². The summed E-state index contributed by atoms with van der Waals surface area (Å²) in [5.41, 5.74) is 0. The summed E-state index contributed by atoms with van der Waals surface area (Å²) in [5.74, 6) is 0.104. The van der Waals surface area contributed by atoms with Gasteiger partial charge in [0.1, 0.15) is 9.84 Å². The van der Waals surface area contributed by atoms with E-state index in [1.165, 1.54) is 17.6 Å². The molecule has 1 aromatic rings. The van der Waals surface area contributed by atoms with Crippen LogP contribution in [0, 0.1) is 0 Å². The van der Waals surface area contributed by atoms with Gasteiger partial charge in [-0.15, -0.1) is 11.3 Å². The van der Waals surface area contributed by atoms with E-state index < -0.39 is 15.9 Å². The van der Waals surface area contributed by atoms with Gasteiger partial charge in [0.2, 0.25) is 0 Å². The summed E-state index contributed by atoms with van der Waals surface area (Å²) in [7, 11) is -2.94. The van der Waals surface area contributed by atoms with E-state index in [2.05, 4.69) is 0 Å². The fourth-order valence-corrected chi connectivity index (χ4v) is 3.11. The molecule has 86 valence electrons. The van der Waals surface area contributed by atoms with Crippen molar-refractivity contribution in [2.45, 2.75) is 18.9 Å². The minimum atomic E-state index is -2.94. The molecular weight excluding hydrogens is 256 g/mol. The fraction of sp³-hybridized carbons (Fsp3) is 0.556. The molecule has 0 radical (unpaired) electrons. The van der Waals surface area contributed by atoms with E-state index in [0.717, 1.165) is 0 Å². The Labute approximate surface area is 98.6 Å². The lowest BCUT2D eigenvalue weighted by Gasteiger charge is -2.08. The monoisotopic (exact) mass is 268 g/mol. The number of hydrogen-bond acceptors (Lipinski definition) is 4. The van der Waals surface area contributed by atoms with Gasteiger partial charge < -0.3 is 5.11 Å². The molecule has 0 bridgehead atoms. The Morgan fingerprint density at radius 1 is 1.60 bits per heavy atom. The number of thiophene rings is 1. The molecule has 1 atom stereocenters. The van der Waals surface area contributed by atoms with Crippen LogP contribution in [0.4, 0.5) is 0 Å². The second-order valence-electron chi connectivity index (χ2n) is 3.42. The van der Waals surface area contributed by atoms with Crippen LogP contribution in [-0.2, 0) is 9.84 Å². The highest BCUT2D eigenvalue weighted by molar-refractivity contribution is 7.90. The normalized spacial score (nSPS) is 14.1. The Morgan fingerprint density at radius 3 is 2.73 bits per heavy atom. The van der Waals surface area contributed by atoms with Crippen molar-refractivity contribution in [3.05, 3.63) is 21.3 Å². The second kappa shape index (κ2) is 5.30. The van der Waals surface area contributed by atoms with E-state index in [4.69, 9.17) is 11.6 Å². The van der Waals surface area contributed by atoms with Gasteiger partial charge in [0.15, 0.2) is 0 Å². The molecule has 1 N–H and O–H groups in total. The van der Waals surface area contributed by atoms with Crippen molar-refractivity contribution in [1.82, 2.24) is 0 Å². The predicted molar refractivity (Wildman–Crippen MR) is 63.2 cm³/mol. The molecule has 0 saturated carbocycles. The lowest BCUT2D eigenvalue weighted by molar-refractivity contribution is 0.170. The van der Waals surface area contributed by atoms with Crippen molar-refractivity contribution in [2.75, 3.05) is 12.0 Å². The number of rotatable bonds is 5. The van der Waals surface area contributed by atoms with Crippen molar-refractivity contribution < 1.29 is 13.5 Å². The Bertz CT molecular complexity index is 411. The molecule has 1 unspecified atom stereocenters. The van der Waals surface area contributed by atoms with Crippen molar-refractivity contribution >= 4 is 32.8 Å². The Kier molecular flexibility index (Phi) is 4.58. The van der Waals surface area contributed by atoms with Gasteiger partial charge in [-0.05, 0) is 24.3 Å². The summed E-state index contributed by atoms with van der Waals surface area (Å²) in [6, 6.07) is 1.72. The molecule has 0 aliphatic rings. The van der Waals surface area contributed by atoms with Crippen molar-refractivity contribution in [1.29, 1.82) is 0 Å². The van der Waals surface area contributed by atoms with Crippen LogP contribution in [0.3, 0.4) is 0 Å². The zero-order chi connectivity index (χ0) is 11.5. The van der Waals surface area contributed by atoms with Crippen LogP contribution >= 0.6 is 22.9 Å². The molecule has 1 rings (SSSR count). The van der Waals surface area contributed by atoms with Crippen molar-refractivity contribution in [2.24, 2.45) is 0 Å². The SMILES string of the molecule is CS(=O)(=O)CCCC(O)c1sccc1Cl. The summed E-state index contributed by atoms with van der Waals surface area (Å²) in [4.78, 5) is 0.713. The molecule has 0 amide bonds. The Balaban J connectivity index is 2.44. The first-order valence-electron chi connectivity index (χ1n) is 4.49. The highest BCUT2D eigenvalue weighted by Gasteiger charge is 2.13. The first-order chi connectivity index (χ1) is 6.90. The summed E-state index contributed by atoms with van der Waals surface area (Å²) in [6.07, 6.45) is 1.42. The van der Waals surface area contributed by atoms with Gasteiger partial charge in [-0.1, -0.05) is 11.6 Å². The van der Waals surface area contributed by atoms with Crippen LogP contribution in [0.5, 0.6) is 0 Å². The van der Waals surface area contributed by atoms with E-state index in [0.29, 0.717) is 22.7 Å². The van der Waals surface area contributed by atoms with Crippen LogP contribution < -0.4 is 0 Å². The largest absolute Gasteiger partial charge is 0.388 e. The highest BCUT2D eigenvalue weighted by Crippen LogP contribution is 2.30. The smallest absolute Gasteiger partial charge is 0.147 e. The summed E-state index contributed by atoms with van der Waals surface area (Å²) >= 11 is 7.22. The standard InChI is InChI=1S/C9H13ClO3S2/c1-15(12,13)6-2-3-8(11)9-7(10)4-5-14-9/h4-5,8,11H,2-3,6H2,1H3. The van der Waals surface area contributed by atoms with Crippen LogP contribution in [0.2, 0.25) is 5.02 Å². The van der Waals surface area contributed by atoms with Crippen LogP contribution in [-0.4, -0.2) is 25.5 Å². The Morgan fingerprint density at radius 2 is 2.27 bits per heavy atom. The molecule has 1 aromatic heterocycles. The summed E-state index contributed by atoms with van der Waals surface area (Å²) in [6.45, 7) is 0. The molecule has 3 nitrogen and oxygen atoms in total. The van der Waals surface area contributed by atoms with E-state index >= 15 is 0 Å². The van der Waals surface area contributed by atoms with Gasteiger partial charge in [0.05, 0.1) is 16.0 Å².